The summed E-state index contributed by atoms with van der Waals surface area (Å²) in [4.78, 5) is 16.0. The SMILES string of the molecule is COc1ccc(NC2=C(C(=N)C(=O)N3CCN4CCC3C(F)(F)C4)COCC2)cc1. The summed E-state index contributed by atoms with van der Waals surface area (Å²) in [5.41, 5.74) is 1.64. The number of anilines is 1. The summed E-state index contributed by atoms with van der Waals surface area (Å²) >= 11 is 0. The maximum absolute atomic E-state index is 14.5. The number of hydrogen-bond acceptors (Lipinski definition) is 6. The molecule has 30 heavy (non-hydrogen) atoms. The van der Waals surface area contributed by atoms with Gasteiger partial charge in [-0.15, -0.1) is 0 Å². The van der Waals surface area contributed by atoms with Crippen molar-refractivity contribution in [1.29, 1.82) is 5.41 Å². The van der Waals surface area contributed by atoms with Crippen LogP contribution in [0.1, 0.15) is 12.8 Å². The van der Waals surface area contributed by atoms with Crippen molar-refractivity contribution in [3.63, 3.8) is 0 Å². The van der Waals surface area contributed by atoms with Crippen LogP contribution in [0.2, 0.25) is 0 Å². The topological polar surface area (TPSA) is 77.9 Å². The van der Waals surface area contributed by atoms with E-state index in [1.807, 2.05) is 24.3 Å². The smallest absolute Gasteiger partial charge is 0.280 e. The van der Waals surface area contributed by atoms with Crippen molar-refractivity contribution in [2.75, 3.05) is 51.8 Å². The van der Waals surface area contributed by atoms with Gasteiger partial charge in [0.05, 0.1) is 32.9 Å². The first-order chi connectivity index (χ1) is 14.4. The van der Waals surface area contributed by atoms with Gasteiger partial charge in [0.15, 0.2) is 0 Å². The van der Waals surface area contributed by atoms with Gasteiger partial charge in [0.1, 0.15) is 11.5 Å². The van der Waals surface area contributed by atoms with Crippen molar-refractivity contribution in [1.82, 2.24) is 9.80 Å². The summed E-state index contributed by atoms with van der Waals surface area (Å²) in [5.74, 6) is -2.90. The van der Waals surface area contributed by atoms with Crippen LogP contribution in [0.3, 0.4) is 0 Å². The van der Waals surface area contributed by atoms with Crippen molar-refractivity contribution in [2.45, 2.75) is 24.8 Å². The lowest BCUT2D eigenvalue weighted by molar-refractivity contribution is -0.141. The summed E-state index contributed by atoms with van der Waals surface area (Å²) in [6.45, 7) is 1.39. The lowest BCUT2D eigenvalue weighted by atomic mass is 9.98. The molecule has 0 spiro atoms. The molecule has 2 atom stereocenters. The average molecular weight is 420 g/mol. The van der Waals surface area contributed by atoms with Gasteiger partial charge in [-0.25, -0.2) is 8.78 Å². The number of rotatable bonds is 5. The van der Waals surface area contributed by atoms with E-state index in [0.717, 1.165) is 11.4 Å². The largest absolute Gasteiger partial charge is 0.497 e. The summed E-state index contributed by atoms with van der Waals surface area (Å²) in [7, 11) is 1.59. The Morgan fingerprint density at radius 2 is 2.03 bits per heavy atom. The molecule has 2 bridgehead atoms. The molecule has 3 fully saturated rings. The number of ether oxygens (including phenoxy) is 2. The van der Waals surface area contributed by atoms with Gasteiger partial charge in [-0.2, -0.15) is 0 Å². The predicted octanol–water partition coefficient (Wildman–Crippen LogP) is 2.35. The van der Waals surface area contributed by atoms with Gasteiger partial charge in [-0.1, -0.05) is 0 Å². The highest BCUT2D eigenvalue weighted by Gasteiger charge is 2.51. The first-order valence-electron chi connectivity index (χ1n) is 10.1. The van der Waals surface area contributed by atoms with E-state index in [2.05, 4.69) is 5.32 Å². The van der Waals surface area contributed by atoms with Gasteiger partial charge in [-0.3, -0.25) is 15.1 Å². The van der Waals surface area contributed by atoms with Gasteiger partial charge >= 0.3 is 0 Å². The number of alkyl halides is 2. The van der Waals surface area contributed by atoms with Crippen LogP contribution in [-0.4, -0.2) is 79.9 Å². The third-order valence-electron chi connectivity index (χ3n) is 5.94. The number of methoxy groups -OCH3 is 1. The van der Waals surface area contributed by atoms with Crippen LogP contribution in [0.5, 0.6) is 5.75 Å². The van der Waals surface area contributed by atoms with Gasteiger partial charge in [-0.05, 0) is 30.7 Å². The fourth-order valence-electron chi connectivity index (χ4n) is 4.29. The second-order valence-electron chi connectivity index (χ2n) is 7.83. The minimum Gasteiger partial charge on any atom is -0.497 e. The van der Waals surface area contributed by atoms with E-state index in [1.54, 1.807) is 12.0 Å². The van der Waals surface area contributed by atoms with Crippen LogP contribution in [0.15, 0.2) is 35.5 Å². The Morgan fingerprint density at radius 1 is 1.27 bits per heavy atom. The Bertz CT molecular complexity index is 856. The number of halogens is 2. The fraction of sp³-hybridized carbons (Fsp3) is 0.524. The number of fused-ring (bicyclic) bond motifs is 4. The van der Waals surface area contributed by atoms with E-state index in [-0.39, 0.29) is 31.8 Å². The Morgan fingerprint density at radius 3 is 2.73 bits per heavy atom. The van der Waals surface area contributed by atoms with E-state index in [9.17, 15) is 13.6 Å². The number of hydrogen-bond donors (Lipinski definition) is 2. The molecule has 3 saturated heterocycles. The number of piperidine rings is 1. The average Bonchev–Trinajstić information content (AvgIpc) is 3.03. The zero-order valence-corrected chi connectivity index (χ0v) is 16.9. The minimum absolute atomic E-state index is 0.101. The summed E-state index contributed by atoms with van der Waals surface area (Å²) in [5, 5.41) is 11.8. The molecule has 2 N–H and O–H groups in total. The molecule has 4 aliphatic rings. The number of nitrogens with one attached hydrogen (secondary N) is 2. The molecule has 1 aromatic rings. The summed E-state index contributed by atoms with van der Waals surface area (Å²) < 4.78 is 39.7. The molecule has 4 heterocycles. The second kappa shape index (κ2) is 8.31. The van der Waals surface area contributed by atoms with Crippen molar-refractivity contribution in [3.05, 3.63) is 35.5 Å². The van der Waals surface area contributed by atoms with E-state index in [0.29, 0.717) is 37.4 Å². The third kappa shape index (κ3) is 4.04. The predicted molar refractivity (Wildman–Crippen MR) is 108 cm³/mol. The quantitative estimate of drug-likeness (QED) is 0.715. The molecule has 0 saturated carbocycles. The molecule has 7 nitrogen and oxygen atoms in total. The molecular formula is C21H26F2N4O3. The highest BCUT2D eigenvalue weighted by Crippen LogP contribution is 2.34. The van der Waals surface area contributed by atoms with E-state index < -0.39 is 17.9 Å². The molecule has 0 aromatic heterocycles. The zero-order chi connectivity index (χ0) is 21.3. The van der Waals surface area contributed by atoms with E-state index in [1.165, 1.54) is 4.90 Å². The molecule has 2 unspecified atom stereocenters. The van der Waals surface area contributed by atoms with Crippen LogP contribution in [0.25, 0.3) is 0 Å². The number of benzene rings is 1. The standard InChI is InChI=1S/C21H26F2N4O3/c1-29-15-4-2-14(3-5-15)25-17-7-11-30-12-16(17)19(24)20(28)27-10-9-26-8-6-18(27)21(22,23)13-26/h2-5,18,24-25H,6-13H2,1H3. The highest BCUT2D eigenvalue weighted by molar-refractivity contribution is 6.44. The lowest BCUT2D eigenvalue weighted by Crippen LogP contribution is -2.56. The molecule has 1 aromatic carbocycles. The van der Waals surface area contributed by atoms with E-state index in [4.69, 9.17) is 14.9 Å². The van der Waals surface area contributed by atoms with Crippen molar-refractivity contribution >= 4 is 17.3 Å². The van der Waals surface area contributed by atoms with Crippen LogP contribution < -0.4 is 10.1 Å². The molecule has 0 radical (unpaired) electrons. The van der Waals surface area contributed by atoms with Crippen LogP contribution in [-0.2, 0) is 9.53 Å². The Hall–Kier alpha value is -2.52. The summed E-state index contributed by atoms with van der Waals surface area (Å²) in [6, 6.07) is 6.14. The molecule has 1 amide bonds. The van der Waals surface area contributed by atoms with Crippen LogP contribution in [0, 0.1) is 5.41 Å². The van der Waals surface area contributed by atoms with E-state index >= 15 is 0 Å². The van der Waals surface area contributed by atoms with Crippen LogP contribution in [0.4, 0.5) is 14.5 Å². The summed E-state index contributed by atoms with van der Waals surface area (Å²) in [6.07, 6.45) is 0.725. The molecule has 9 heteroatoms. The normalized spacial score (nSPS) is 25.6. The zero-order valence-electron chi connectivity index (χ0n) is 16.9. The molecule has 0 aliphatic carbocycles. The molecule has 5 rings (SSSR count). The van der Waals surface area contributed by atoms with Gasteiger partial charge in [0.25, 0.3) is 11.8 Å². The minimum atomic E-state index is -2.97. The van der Waals surface area contributed by atoms with Crippen LogP contribution >= 0.6 is 0 Å². The maximum atomic E-state index is 14.5. The maximum Gasteiger partial charge on any atom is 0.280 e. The number of carbonyl (C=O) groups is 1. The first kappa shape index (κ1) is 20.7. The Labute approximate surface area is 174 Å². The fourth-order valence-corrected chi connectivity index (χ4v) is 4.29. The molecular weight excluding hydrogens is 394 g/mol. The van der Waals surface area contributed by atoms with Crippen molar-refractivity contribution in [2.24, 2.45) is 0 Å². The van der Waals surface area contributed by atoms with Gasteiger partial charge < -0.3 is 19.7 Å². The lowest BCUT2D eigenvalue weighted by Gasteiger charge is -2.38. The first-order valence-corrected chi connectivity index (χ1v) is 10.1. The second-order valence-corrected chi connectivity index (χ2v) is 7.83. The van der Waals surface area contributed by atoms with Gasteiger partial charge in [0, 0.05) is 43.0 Å². The number of carbonyl (C=O) groups excluding carboxylic acids is 1. The molecule has 4 aliphatic heterocycles. The number of nitrogens with zero attached hydrogens (tertiary/aromatic N) is 2. The third-order valence-corrected chi connectivity index (χ3v) is 5.94. The Balaban J connectivity index is 1.56. The Kier molecular flexibility index (Phi) is 5.75. The highest BCUT2D eigenvalue weighted by atomic mass is 19.3. The van der Waals surface area contributed by atoms with Crippen molar-refractivity contribution in [3.8, 4) is 5.75 Å². The van der Waals surface area contributed by atoms with Crippen molar-refractivity contribution < 1.29 is 23.0 Å². The van der Waals surface area contributed by atoms with Gasteiger partial charge in [0.2, 0.25) is 0 Å². The monoisotopic (exact) mass is 420 g/mol. The molecule has 162 valence electrons. The number of amides is 1.